The van der Waals surface area contributed by atoms with E-state index >= 15 is 0 Å². The van der Waals surface area contributed by atoms with Gasteiger partial charge in [-0.25, -0.2) is 0 Å². The van der Waals surface area contributed by atoms with Crippen LogP contribution in [0.15, 0.2) is 67.0 Å². The Kier molecular flexibility index (Phi) is 3.82. The molecular weight excluding hydrogens is 312 g/mol. The fraction of sp³-hybridized carbons (Fsp3) is 0.100. The number of fused-ring (bicyclic) bond motifs is 1. The van der Waals surface area contributed by atoms with Gasteiger partial charge in [-0.05, 0) is 29.8 Å². The summed E-state index contributed by atoms with van der Waals surface area (Å²) in [4.78, 5) is 12.5. The third-order valence-electron chi connectivity index (χ3n) is 4.29. The number of carbonyl (C=O) groups is 1. The molecule has 0 aliphatic carbocycles. The number of hydrogen-bond acceptors (Lipinski definition) is 2. The molecule has 0 radical (unpaired) electrons. The number of H-pyrrole nitrogens is 1. The van der Waals surface area contributed by atoms with Crippen LogP contribution in [0.3, 0.4) is 0 Å². The van der Waals surface area contributed by atoms with Crippen LogP contribution in [0, 0.1) is 0 Å². The van der Waals surface area contributed by atoms with Gasteiger partial charge in [0.15, 0.2) is 0 Å². The maximum Gasteiger partial charge on any atom is 0.228 e. The molecule has 0 unspecified atom stereocenters. The third kappa shape index (κ3) is 3.04. The largest absolute Gasteiger partial charge is 0.350 e. The lowest BCUT2D eigenvalue weighted by atomic mass is 10.1. The number of para-hydroxylation sites is 1. The van der Waals surface area contributed by atoms with Gasteiger partial charge in [0, 0.05) is 41.6 Å². The zero-order chi connectivity index (χ0) is 17.2. The van der Waals surface area contributed by atoms with Gasteiger partial charge >= 0.3 is 0 Å². The molecule has 2 heterocycles. The summed E-state index contributed by atoms with van der Waals surface area (Å²) in [5.41, 5.74) is 4.84. The molecule has 4 aromatic rings. The predicted molar refractivity (Wildman–Crippen MR) is 99.3 cm³/mol. The van der Waals surface area contributed by atoms with E-state index in [9.17, 15) is 4.79 Å². The highest BCUT2D eigenvalue weighted by molar-refractivity contribution is 5.96. The van der Waals surface area contributed by atoms with Crippen molar-refractivity contribution in [1.29, 1.82) is 0 Å². The molecule has 4 rings (SSSR count). The SMILES string of the molecule is Cn1cc(CC(=O)Nc2cccc(-c3ccn[nH]3)c2)c2ccccc21. The van der Waals surface area contributed by atoms with Crippen LogP contribution in [0.1, 0.15) is 5.56 Å². The Morgan fingerprint density at radius 1 is 1.16 bits per heavy atom. The molecule has 1 amide bonds. The first-order valence-corrected chi connectivity index (χ1v) is 8.13. The molecule has 0 aliphatic rings. The molecule has 0 saturated carbocycles. The second-order valence-corrected chi connectivity index (χ2v) is 6.06. The topological polar surface area (TPSA) is 62.7 Å². The van der Waals surface area contributed by atoms with Gasteiger partial charge in [0.25, 0.3) is 0 Å². The molecule has 5 heteroatoms. The van der Waals surface area contributed by atoms with Crippen LogP contribution in [0.5, 0.6) is 0 Å². The minimum atomic E-state index is -0.0295. The number of nitrogens with one attached hydrogen (secondary N) is 2. The molecule has 5 nitrogen and oxygen atoms in total. The number of anilines is 1. The molecule has 0 atom stereocenters. The van der Waals surface area contributed by atoms with Gasteiger partial charge in [0.2, 0.25) is 5.91 Å². The van der Waals surface area contributed by atoms with E-state index in [1.165, 1.54) is 0 Å². The minimum absolute atomic E-state index is 0.0295. The number of aryl methyl sites for hydroxylation is 1. The Bertz CT molecular complexity index is 1030. The van der Waals surface area contributed by atoms with Crippen molar-refractivity contribution in [3.05, 3.63) is 72.6 Å². The summed E-state index contributed by atoms with van der Waals surface area (Å²) in [7, 11) is 2.00. The van der Waals surface area contributed by atoms with E-state index in [-0.39, 0.29) is 5.91 Å². The summed E-state index contributed by atoms with van der Waals surface area (Å²) in [6, 6.07) is 17.7. The van der Waals surface area contributed by atoms with Crippen molar-refractivity contribution in [3.8, 4) is 11.3 Å². The first kappa shape index (κ1) is 15.2. The van der Waals surface area contributed by atoms with E-state index in [0.29, 0.717) is 6.42 Å². The maximum absolute atomic E-state index is 12.5. The van der Waals surface area contributed by atoms with E-state index in [0.717, 1.165) is 33.4 Å². The van der Waals surface area contributed by atoms with Crippen molar-refractivity contribution in [2.75, 3.05) is 5.32 Å². The number of benzene rings is 2. The summed E-state index contributed by atoms with van der Waals surface area (Å²) < 4.78 is 2.05. The maximum atomic E-state index is 12.5. The second kappa shape index (κ2) is 6.28. The zero-order valence-corrected chi connectivity index (χ0v) is 13.9. The first-order valence-electron chi connectivity index (χ1n) is 8.13. The Morgan fingerprint density at radius 2 is 2.04 bits per heavy atom. The molecule has 2 aromatic carbocycles. The lowest BCUT2D eigenvalue weighted by Gasteiger charge is -2.06. The van der Waals surface area contributed by atoms with Crippen molar-refractivity contribution >= 4 is 22.5 Å². The molecule has 0 bridgehead atoms. The Morgan fingerprint density at radius 3 is 2.88 bits per heavy atom. The fourth-order valence-electron chi connectivity index (χ4n) is 3.13. The third-order valence-corrected chi connectivity index (χ3v) is 4.29. The highest BCUT2D eigenvalue weighted by Crippen LogP contribution is 2.23. The van der Waals surface area contributed by atoms with Gasteiger partial charge in [-0.1, -0.05) is 30.3 Å². The number of hydrogen-bond donors (Lipinski definition) is 2. The molecule has 0 saturated heterocycles. The summed E-state index contributed by atoms with van der Waals surface area (Å²) in [6.07, 6.45) is 4.07. The van der Waals surface area contributed by atoms with E-state index in [2.05, 4.69) is 32.2 Å². The highest BCUT2D eigenvalue weighted by Gasteiger charge is 2.11. The van der Waals surface area contributed by atoms with Crippen LogP contribution in [0.2, 0.25) is 0 Å². The summed E-state index contributed by atoms with van der Waals surface area (Å²) >= 11 is 0. The van der Waals surface area contributed by atoms with Gasteiger partial charge < -0.3 is 9.88 Å². The minimum Gasteiger partial charge on any atom is -0.350 e. The van der Waals surface area contributed by atoms with E-state index in [4.69, 9.17) is 0 Å². The molecule has 2 aromatic heterocycles. The Hall–Kier alpha value is -3.34. The number of rotatable bonds is 4. The summed E-state index contributed by atoms with van der Waals surface area (Å²) in [5, 5.41) is 11.0. The monoisotopic (exact) mass is 330 g/mol. The van der Waals surface area contributed by atoms with E-state index in [1.807, 2.05) is 55.7 Å². The molecule has 0 aliphatic heterocycles. The van der Waals surface area contributed by atoms with Gasteiger partial charge in [-0.15, -0.1) is 0 Å². The quantitative estimate of drug-likeness (QED) is 0.598. The van der Waals surface area contributed by atoms with Gasteiger partial charge in [0.1, 0.15) is 0 Å². The second-order valence-electron chi connectivity index (χ2n) is 6.06. The molecule has 25 heavy (non-hydrogen) atoms. The van der Waals surface area contributed by atoms with E-state index in [1.54, 1.807) is 6.20 Å². The summed E-state index contributed by atoms with van der Waals surface area (Å²) in [5.74, 6) is -0.0295. The van der Waals surface area contributed by atoms with Crippen molar-refractivity contribution < 1.29 is 4.79 Å². The molecule has 124 valence electrons. The fourth-order valence-corrected chi connectivity index (χ4v) is 3.13. The standard InChI is InChI=1S/C20H18N4O/c1-24-13-15(17-7-2-3-8-19(17)24)12-20(25)22-16-6-4-5-14(11-16)18-9-10-21-23-18/h2-11,13H,12H2,1H3,(H,21,23)(H,22,25). The van der Waals surface area contributed by atoms with Crippen molar-refractivity contribution in [2.45, 2.75) is 6.42 Å². The van der Waals surface area contributed by atoms with Crippen LogP contribution in [0.25, 0.3) is 22.2 Å². The van der Waals surface area contributed by atoms with Gasteiger partial charge in [0.05, 0.1) is 12.1 Å². The predicted octanol–water partition coefficient (Wildman–Crippen LogP) is 3.75. The van der Waals surface area contributed by atoms with Crippen LogP contribution in [-0.4, -0.2) is 20.7 Å². The number of aromatic amines is 1. The molecule has 0 spiro atoms. The number of nitrogens with zero attached hydrogens (tertiary/aromatic N) is 2. The van der Waals surface area contributed by atoms with Crippen molar-refractivity contribution in [1.82, 2.24) is 14.8 Å². The lowest BCUT2D eigenvalue weighted by Crippen LogP contribution is -2.14. The van der Waals surface area contributed by atoms with Crippen LogP contribution in [-0.2, 0) is 18.3 Å². The number of amides is 1. The molecule has 0 fully saturated rings. The normalized spacial score (nSPS) is 10.9. The average molecular weight is 330 g/mol. The van der Waals surface area contributed by atoms with Crippen LogP contribution in [0.4, 0.5) is 5.69 Å². The molecule has 2 N–H and O–H groups in total. The lowest BCUT2D eigenvalue weighted by molar-refractivity contribution is -0.115. The zero-order valence-electron chi connectivity index (χ0n) is 13.9. The highest BCUT2D eigenvalue weighted by atomic mass is 16.1. The Labute approximate surface area is 145 Å². The molecular formula is C20H18N4O. The number of aromatic nitrogens is 3. The smallest absolute Gasteiger partial charge is 0.228 e. The van der Waals surface area contributed by atoms with E-state index < -0.39 is 0 Å². The van der Waals surface area contributed by atoms with Crippen molar-refractivity contribution in [3.63, 3.8) is 0 Å². The van der Waals surface area contributed by atoms with Crippen LogP contribution < -0.4 is 5.32 Å². The average Bonchev–Trinajstić information content (AvgIpc) is 3.25. The van der Waals surface area contributed by atoms with Crippen molar-refractivity contribution in [2.24, 2.45) is 7.05 Å². The van der Waals surface area contributed by atoms with Gasteiger partial charge in [-0.3, -0.25) is 9.89 Å². The van der Waals surface area contributed by atoms with Gasteiger partial charge in [-0.2, -0.15) is 5.10 Å². The summed E-state index contributed by atoms with van der Waals surface area (Å²) in [6.45, 7) is 0. The Balaban J connectivity index is 1.53. The first-order chi connectivity index (χ1) is 12.2. The number of carbonyl (C=O) groups excluding carboxylic acids is 1. The van der Waals surface area contributed by atoms with Crippen LogP contribution >= 0.6 is 0 Å².